The molecule has 0 bridgehead atoms. The summed E-state index contributed by atoms with van der Waals surface area (Å²) in [5, 5.41) is 0. The van der Waals surface area contributed by atoms with Crippen molar-refractivity contribution in [2.75, 3.05) is 0 Å². The van der Waals surface area contributed by atoms with Gasteiger partial charge in [-0.05, 0) is 37.8 Å². The first-order valence-electron chi connectivity index (χ1n) is 4.40. The zero-order valence-electron chi connectivity index (χ0n) is 6.92. The van der Waals surface area contributed by atoms with Crippen LogP contribution in [0, 0.1) is 5.92 Å². The highest BCUT2D eigenvalue weighted by Gasteiger charge is 2.25. The van der Waals surface area contributed by atoms with E-state index in [9.17, 15) is 0 Å². The van der Waals surface area contributed by atoms with Gasteiger partial charge in [-0.3, -0.25) is 0 Å². The molecule has 0 aromatic rings. The Hall–Kier alpha value is -0.720. The molecule has 1 heteroatoms. The molecule has 2 aliphatic rings. The van der Waals surface area contributed by atoms with Gasteiger partial charge in [0.25, 0.3) is 0 Å². The summed E-state index contributed by atoms with van der Waals surface area (Å²) in [7, 11) is 0. The summed E-state index contributed by atoms with van der Waals surface area (Å²) in [6.07, 6.45) is 10.6. The fraction of sp³-hybridized carbons (Fsp3) is 0.600. The van der Waals surface area contributed by atoms with E-state index in [-0.39, 0.29) is 0 Å². The first-order valence-corrected chi connectivity index (χ1v) is 4.40. The van der Waals surface area contributed by atoms with Gasteiger partial charge in [0.15, 0.2) is 0 Å². The summed E-state index contributed by atoms with van der Waals surface area (Å²) in [5.74, 6) is 0.675. The molecule has 1 aliphatic heterocycles. The van der Waals surface area contributed by atoms with Crippen molar-refractivity contribution in [3.05, 3.63) is 24.0 Å². The van der Waals surface area contributed by atoms with Crippen molar-refractivity contribution < 1.29 is 4.74 Å². The van der Waals surface area contributed by atoms with Crippen molar-refractivity contribution in [1.29, 1.82) is 0 Å². The molecule has 0 fully saturated rings. The van der Waals surface area contributed by atoms with Gasteiger partial charge in [0, 0.05) is 5.92 Å². The van der Waals surface area contributed by atoms with Gasteiger partial charge < -0.3 is 4.74 Å². The summed E-state index contributed by atoms with van der Waals surface area (Å²) in [6, 6.07) is 0. The predicted octanol–water partition coefficient (Wildman–Crippen LogP) is 2.65. The molecule has 0 amide bonds. The zero-order chi connectivity index (χ0) is 7.68. The van der Waals surface area contributed by atoms with Gasteiger partial charge in [-0.2, -0.15) is 0 Å². The molecule has 11 heavy (non-hydrogen) atoms. The summed E-state index contributed by atoms with van der Waals surface area (Å²) < 4.78 is 5.43. The second kappa shape index (κ2) is 2.72. The average molecular weight is 150 g/mol. The van der Waals surface area contributed by atoms with Crippen molar-refractivity contribution >= 4 is 0 Å². The van der Waals surface area contributed by atoms with E-state index in [1.54, 1.807) is 0 Å². The Morgan fingerprint density at radius 1 is 1.55 bits per heavy atom. The van der Waals surface area contributed by atoms with Crippen LogP contribution in [-0.2, 0) is 4.74 Å². The number of ether oxygens (including phenoxy) is 1. The summed E-state index contributed by atoms with van der Waals surface area (Å²) in [5.41, 5.74) is 1.50. The lowest BCUT2D eigenvalue weighted by atomic mass is 9.83. The first-order chi connectivity index (χ1) is 5.38. The fourth-order valence-electron chi connectivity index (χ4n) is 1.96. The molecule has 0 radical (unpaired) electrons. The number of allylic oxidation sites excluding steroid dienone is 2. The Bertz CT molecular complexity index is 203. The van der Waals surface area contributed by atoms with Gasteiger partial charge in [0.05, 0.1) is 6.26 Å². The minimum absolute atomic E-state index is 0.395. The van der Waals surface area contributed by atoms with E-state index in [0.717, 1.165) is 0 Å². The van der Waals surface area contributed by atoms with Crippen molar-refractivity contribution in [3.8, 4) is 0 Å². The Kier molecular flexibility index (Phi) is 1.72. The summed E-state index contributed by atoms with van der Waals surface area (Å²) in [4.78, 5) is 0. The Morgan fingerprint density at radius 2 is 2.45 bits per heavy atom. The lowest BCUT2D eigenvalue weighted by Crippen LogP contribution is -2.25. The third-order valence-electron chi connectivity index (χ3n) is 2.65. The smallest absolute Gasteiger partial charge is 0.102 e. The maximum atomic E-state index is 5.43. The van der Waals surface area contributed by atoms with E-state index in [4.69, 9.17) is 4.74 Å². The molecule has 0 saturated heterocycles. The largest absolute Gasteiger partial charge is 0.498 e. The third-order valence-corrected chi connectivity index (χ3v) is 2.65. The molecule has 1 aliphatic carbocycles. The van der Waals surface area contributed by atoms with Crippen LogP contribution >= 0.6 is 0 Å². The maximum Gasteiger partial charge on any atom is 0.102 e. The number of rotatable bonds is 0. The maximum absolute atomic E-state index is 5.43. The van der Waals surface area contributed by atoms with E-state index < -0.39 is 0 Å². The SMILES string of the molecule is CC1OC=CC2=CCCCC21. The topological polar surface area (TPSA) is 9.23 Å². The van der Waals surface area contributed by atoms with Gasteiger partial charge in [-0.15, -0.1) is 0 Å². The van der Waals surface area contributed by atoms with Gasteiger partial charge >= 0.3 is 0 Å². The monoisotopic (exact) mass is 150 g/mol. The van der Waals surface area contributed by atoms with E-state index in [1.807, 2.05) is 6.26 Å². The Morgan fingerprint density at radius 3 is 3.27 bits per heavy atom. The highest BCUT2D eigenvalue weighted by molar-refractivity contribution is 5.25. The van der Waals surface area contributed by atoms with Crippen LogP contribution in [0.5, 0.6) is 0 Å². The van der Waals surface area contributed by atoms with E-state index in [0.29, 0.717) is 12.0 Å². The number of fused-ring (bicyclic) bond motifs is 1. The van der Waals surface area contributed by atoms with Gasteiger partial charge in [-0.1, -0.05) is 6.08 Å². The normalized spacial score (nSPS) is 35.5. The molecule has 0 aromatic heterocycles. The predicted molar refractivity (Wildman–Crippen MR) is 45.1 cm³/mol. The lowest BCUT2D eigenvalue weighted by molar-refractivity contribution is 0.101. The van der Waals surface area contributed by atoms with Crippen LogP contribution in [0.4, 0.5) is 0 Å². The molecule has 0 N–H and O–H groups in total. The highest BCUT2D eigenvalue weighted by Crippen LogP contribution is 2.32. The van der Waals surface area contributed by atoms with Crippen LogP contribution < -0.4 is 0 Å². The van der Waals surface area contributed by atoms with Gasteiger partial charge in [0.1, 0.15) is 6.10 Å². The Labute approximate surface area is 67.7 Å². The second-order valence-corrected chi connectivity index (χ2v) is 3.39. The van der Waals surface area contributed by atoms with Crippen LogP contribution in [0.25, 0.3) is 0 Å². The van der Waals surface area contributed by atoms with Crippen molar-refractivity contribution in [1.82, 2.24) is 0 Å². The molecular weight excluding hydrogens is 136 g/mol. The van der Waals surface area contributed by atoms with Crippen LogP contribution in [-0.4, -0.2) is 6.10 Å². The minimum atomic E-state index is 0.395. The standard InChI is InChI=1S/C10H14O/c1-8-10-5-3-2-4-9(10)6-7-11-8/h4,6-8,10H,2-3,5H2,1H3. The quantitative estimate of drug-likeness (QED) is 0.516. The molecule has 60 valence electrons. The fourth-order valence-corrected chi connectivity index (χ4v) is 1.96. The second-order valence-electron chi connectivity index (χ2n) is 3.39. The van der Waals surface area contributed by atoms with Gasteiger partial charge in [-0.25, -0.2) is 0 Å². The summed E-state index contributed by atoms with van der Waals surface area (Å²) >= 11 is 0. The molecule has 2 rings (SSSR count). The van der Waals surface area contributed by atoms with E-state index in [2.05, 4.69) is 19.1 Å². The number of hydrogen-bond donors (Lipinski definition) is 0. The zero-order valence-corrected chi connectivity index (χ0v) is 6.92. The van der Waals surface area contributed by atoms with E-state index >= 15 is 0 Å². The van der Waals surface area contributed by atoms with Crippen molar-refractivity contribution in [2.24, 2.45) is 5.92 Å². The molecule has 0 aromatic carbocycles. The van der Waals surface area contributed by atoms with Crippen LogP contribution in [0.1, 0.15) is 26.2 Å². The summed E-state index contributed by atoms with van der Waals surface area (Å²) in [6.45, 7) is 2.16. The van der Waals surface area contributed by atoms with Crippen molar-refractivity contribution in [3.63, 3.8) is 0 Å². The molecule has 1 heterocycles. The minimum Gasteiger partial charge on any atom is -0.498 e. The first kappa shape index (κ1) is 6.96. The molecule has 0 saturated carbocycles. The third kappa shape index (κ3) is 1.20. The molecule has 1 nitrogen and oxygen atoms in total. The molecular formula is C10H14O. The molecule has 0 spiro atoms. The van der Waals surface area contributed by atoms with Crippen LogP contribution in [0.15, 0.2) is 24.0 Å². The van der Waals surface area contributed by atoms with E-state index in [1.165, 1.54) is 24.8 Å². The van der Waals surface area contributed by atoms with Crippen molar-refractivity contribution in [2.45, 2.75) is 32.3 Å². The molecule has 2 unspecified atom stereocenters. The van der Waals surface area contributed by atoms with Crippen LogP contribution in [0.3, 0.4) is 0 Å². The van der Waals surface area contributed by atoms with Crippen LogP contribution in [0.2, 0.25) is 0 Å². The lowest BCUT2D eigenvalue weighted by Gasteiger charge is -2.30. The molecule has 2 atom stereocenters. The number of hydrogen-bond acceptors (Lipinski definition) is 1. The highest BCUT2D eigenvalue weighted by atomic mass is 16.5. The van der Waals surface area contributed by atoms with Gasteiger partial charge in [0.2, 0.25) is 0 Å². The Balaban J connectivity index is 2.24. The average Bonchev–Trinajstić information content (AvgIpc) is 2.06.